The summed E-state index contributed by atoms with van der Waals surface area (Å²) in [6, 6.07) is 10.8. The highest BCUT2D eigenvalue weighted by Gasteiger charge is 2.26. The van der Waals surface area contributed by atoms with Crippen molar-refractivity contribution in [3.8, 4) is 11.5 Å². The van der Waals surface area contributed by atoms with Gasteiger partial charge in [0.25, 0.3) is 5.91 Å². The van der Waals surface area contributed by atoms with Crippen molar-refractivity contribution in [2.75, 3.05) is 6.61 Å². The Bertz CT molecular complexity index is 648. The van der Waals surface area contributed by atoms with E-state index in [4.69, 9.17) is 9.47 Å². The second-order valence-corrected chi connectivity index (χ2v) is 5.04. The van der Waals surface area contributed by atoms with Crippen molar-refractivity contribution in [2.45, 2.75) is 19.1 Å². The summed E-state index contributed by atoms with van der Waals surface area (Å²) in [6.45, 7) is 2.35. The van der Waals surface area contributed by atoms with Crippen LogP contribution in [0.15, 0.2) is 48.8 Å². The lowest BCUT2D eigenvalue weighted by Gasteiger charge is -2.30. The highest BCUT2D eigenvalue weighted by atomic mass is 16.6. The minimum absolute atomic E-state index is 0.117. The van der Waals surface area contributed by atoms with Crippen molar-refractivity contribution in [1.29, 1.82) is 0 Å². The van der Waals surface area contributed by atoms with E-state index in [0.29, 0.717) is 17.9 Å². The minimum atomic E-state index is -0.239. The molecule has 0 bridgehead atoms. The molecule has 0 saturated carbocycles. The zero-order valence-electron chi connectivity index (χ0n) is 12.2. The van der Waals surface area contributed by atoms with E-state index < -0.39 is 0 Å². The molecule has 6 nitrogen and oxygen atoms in total. The van der Waals surface area contributed by atoms with Crippen molar-refractivity contribution < 1.29 is 14.3 Å². The number of benzene rings is 1. The molecule has 2 atom stereocenters. The van der Waals surface area contributed by atoms with E-state index in [2.05, 4.69) is 15.8 Å². The molecule has 3 rings (SSSR count). The summed E-state index contributed by atoms with van der Waals surface area (Å²) < 4.78 is 11.5. The van der Waals surface area contributed by atoms with Crippen molar-refractivity contribution >= 4 is 5.91 Å². The third-order valence-electron chi connectivity index (χ3n) is 3.43. The first-order chi connectivity index (χ1) is 10.7. The number of rotatable bonds is 4. The molecule has 6 heteroatoms. The molecule has 2 N–H and O–H groups in total. The van der Waals surface area contributed by atoms with Gasteiger partial charge in [-0.25, -0.2) is 5.43 Å². The third kappa shape index (κ3) is 3.17. The average Bonchev–Trinajstić information content (AvgIpc) is 2.59. The van der Waals surface area contributed by atoms with E-state index in [-0.39, 0.29) is 18.1 Å². The number of carbonyl (C=O) groups is 1. The van der Waals surface area contributed by atoms with Gasteiger partial charge < -0.3 is 9.47 Å². The Kier molecular flexibility index (Phi) is 4.20. The van der Waals surface area contributed by atoms with E-state index in [1.807, 2.05) is 31.2 Å². The molecule has 0 aliphatic carbocycles. The second-order valence-electron chi connectivity index (χ2n) is 5.04. The van der Waals surface area contributed by atoms with Gasteiger partial charge in [-0.3, -0.25) is 15.2 Å². The van der Waals surface area contributed by atoms with Crippen molar-refractivity contribution in [2.24, 2.45) is 0 Å². The Morgan fingerprint density at radius 3 is 2.86 bits per heavy atom. The molecule has 1 aliphatic rings. The summed E-state index contributed by atoms with van der Waals surface area (Å²) in [5.41, 5.74) is 6.10. The molecular formula is C16H17N3O3. The van der Waals surface area contributed by atoms with Crippen LogP contribution in [-0.4, -0.2) is 29.6 Å². The molecule has 114 valence electrons. The van der Waals surface area contributed by atoms with Gasteiger partial charge in [0.15, 0.2) is 11.5 Å². The lowest BCUT2D eigenvalue weighted by molar-refractivity contribution is 0.0597. The predicted molar refractivity (Wildman–Crippen MR) is 80.7 cm³/mol. The normalized spacial score (nSPS) is 17.6. The first-order valence-electron chi connectivity index (χ1n) is 7.08. The molecule has 1 aromatic carbocycles. The van der Waals surface area contributed by atoms with Gasteiger partial charge in [0.1, 0.15) is 12.7 Å². The number of hydrazine groups is 1. The highest BCUT2D eigenvalue weighted by Crippen LogP contribution is 2.31. The van der Waals surface area contributed by atoms with Gasteiger partial charge in [-0.15, -0.1) is 0 Å². The fourth-order valence-corrected chi connectivity index (χ4v) is 2.12. The van der Waals surface area contributed by atoms with Gasteiger partial charge in [0.05, 0.1) is 11.6 Å². The number of fused-ring (bicyclic) bond motifs is 1. The number of ether oxygens (including phenoxy) is 2. The van der Waals surface area contributed by atoms with Gasteiger partial charge in [-0.2, -0.15) is 0 Å². The number of nitrogens with one attached hydrogen (secondary N) is 2. The Morgan fingerprint density at radius 1 is 1.27 bits per heavy atom. The fraction of sp³-hybridized carbons (Fsp3) is 0.250. The molecule has 2 heterocycles. The molecule has 0 fully saturated rings. The van der Waals surface area contributed by atoms with Crippen LogP contribution in [0.25, 0.3) is 0 Å². The molecular weight excluding hydrogens is 282 g/mol. The van der Waals surface area contributed by atoms with E-state index >= 15 is 0 Å². The Labute approximate surface area is 128 Å². The molecule has 1 aliphatic heterocycles. The van der Waals surface area contributed by atoms with Crippen LogP contribution in [-0.2, 0) is 0 Å². The van der Waals surface area contributed by atoms with Crippen LogP contribution in [0.1, 0.15) is 17.3 Å². The fourth-order valence-electron chi connectivity index (χ4n) is 2.12. The lowest BCUT2D eigenvalue weighted by Crippen LogP contribution is -2.52. The molecule has 1 amide bonds. The van der Waals surface area contributed by atoms with E-state index in [1.54, 1.807) is 18.3 Å². The zero-order chi connectivity index (χ0) is 15.4. The van der Waals surface area contributed by atoms with Crippen molar-refractivity contribution in [1.82, 2.24) is 15.8 Å². The SMILES string of the molecule is C[C@@H](NNC(=O)c1cccnc1)[C@@H]1COc2ccccc2O1. The topological polar surface area (TPSA) is 72.5 Å². The summed E-state index contributed by atoms with van der Waals surface area (Å²) in [6.07, 6.45) is 2.94. The van der Waals surface area contributed by atoms with Gasteiger partial charge in [-0.1, -0.05) is 12.1 Å². The number of nitrogens with zero attached hydrogens (tertiary/aromatic N) is 1. The Balaban J connectivity index is 1.55. The molecule has 22 heavy (non-hydrogen) atoms. The largest absolute Gasteiger partial charge is 0.486 e. The smallest absolute Gasteiger partial charge is 0.266 e. The molecule has 1 aromatic heterocycles. The number of hydrogen-bond acceptors (Lipinski definition) is 5. The quantitative estimate of drug-likeness (QED) is 0.838. The number of amides is 1. The van der Waals surface area contributed by atoms with Gasteiger partial charge in [-0.05, 0) is 31.2 Å². The van der Waals surface area contributed by atoms with Crippen molar-refractivity contribution in [3.63, 3.8) is 0 Å². The number of carbonyl (C=O) groups excluding carboxylic acids is 1. The first kappa shape index (κ1) is 14.3. The van der Waals surface area contributed by atoms with Crippen molar-refractivity contribution in [3.05, 3.63) is 54.4 Å². The monoisotopic (exact) mass is 299 g/mol. The Morgan fingerprint density at radius 2 is 2.09 bits per heavy atom. The molecule has 0 unspecified atom stereocenters. The van der Waals surface area contributed by atoms with E-state index in [1.165, 1.54) is 6.20 Å². The first-order valence-corrected chi connectivity index (χ1v) is 7.08. The molecule has 2 aromatic rings. The summed E-state index contributed by atoms with van der Waals surface area (Å²) in [5.74, 6) is 1.22. The number of para-hydroxylation sites is 2. The van der Waals surface area contributed by atoms with Crippen LogP contribution in [0.5, 0.6) is 11.5 Å². The molecule has 0 saturated heterocycles. The highest BCUT2D eigenvalue weighted by molar-refractivity contribution is 5.93. The molecule has 0 spiro atoms. The summed E-state index contributed by atoms with van der Waals surface area (Å²) in [7, 11) is 0. The second kappa shape index (κ2) is 6.44. The maximum atomic E-state index is 11.9. The maximum Gasteiger partial charge on any atom is 0.266 e. The van der Waals surface area contributed by atoms with Gasteiger partial charge >= 0.3 is 0 Å². The van der Waals surface area contributed by atoms with Crippen LogP contribution < -0.4 is 20.3 Å². The minimum Gasteiger partial charge on any atom is -0.486 e. The van der Waals surface area contributed by atoms with Gasteiger partial charge in [0.2, 0.25) is 0 Å². The summed E-state index contributed by atoms with van der Waals surface area (Å²) >= 11 is 0. The van der Waals surface area contributed by atoms with Crippen LogP contribution in [0, 0.1) is 0 Å². The maximum absolute atomic E-state index is 11.9. The standard InChI is InChI=1S/C16H17N3O3/c1-11(18-19-16(20)12-5-4-8-17-9-12)15-10-21-13-6-2-3-7-14(13)22-15/h2-9,11,15,18H,10H2,1H3,(H,19,20)/t11-,15+/m1/s1. The molecule has 0 radical (unpaired) electrons. The summed E-state index contributed by atoms with van der Waals surface area (Å²) in [4.78, 5) is 15.9. The van der Waals surface area contributed by atoms with E-state index in [9.17, 15) is 4.79 Å². The number of pyridine rings is 1. The average molecular weight is 299 g/mol. The van der Waals surface area contributed by atoms with E-state index in [0.717, 1.165) is 5.75 Å². The van der Waals surface area contributed by atoms with Crippen LogP contribution in [0.4, 0.5) is 0 Å². The Hall–Kier alpha value is -2.60. The van der Waals surface area contributed by atoms with Crippen LogP contribution in [0.3, 0.4) is 0 Å². The van der Waals surface area contributed by atoms with Gasteiger partial charge in [0, 0.05) is 12.4 Å². The zero-order valence-corrected chi connectivity index (χ0v) is 12.2. The predicted octanol–water partition coefficient (Wildman–Crippen LogP) is 1.54. The van der Waals surface area contributed by atoms with Crippen LogP contribution >= 0.6 is 0 Å². The van der Waals surface area contributed by atoms with Crippen LogP contribution in [0.2, 0.25) is 0 Å². The summed E-state index contributed by atoms with van der Waals surface area (Å²) in [5, 5.41) is 0. The lowest BCUT2D eigenvalue weighted by atomic mass is 10.2. The number of hydrogen-bond donors (Lipinski definition) is 2. The third-order valence-corrected chi connectivity index (χ3v) is 3.43. The number of aromatic nitrogens is 1.